The summed E-state index contributed by atoms with van der Waals surface area (Å²) in [6.07, 6.45) is 5.94. The van der Waals surface area contributed by atoms with Crippen LogP contribution in [0.5, 0.6) is 0 Å². The van der Waals surface area contributed by atoms with Crippen molar-refractivity contribution in [2.75, 3.05) is 0 Å². The van der Waals surface area contributed by atoms with Crippen LogP contribution in [-0.4, -0.2) is 33.5 Å². The number of aliphatic hydroxyl groups excluding tert-OH is 1. The molecule has 140 valence electrons. The minimum atomic E-state index is -1.39. The van der Waals surface area contributed by atoms with Gasteiger partial charge in [-0.3, -0.25) is 9.59 Å². The summed E-state index contributed by atoms with van der Waals surface area (Å²) in [5.41, 5.74) is -2.04. The highest BCUT2D eigenvalue weighted by molar-refractivity contribution is 5.92. The summed E-state index contributed by atoms with van der Waals surface area (Å²) in [5, 5.41) is 21.1. The van der Waals surface area contributed by atoms with Crippen molar-refractivity contribution in [2.24, 2.45) is 34.5 Å². The van der Waals surface area contributed by atoms with E-state index in [1.54, 1.807) is 6.92 Å². The molecule has 25 heavy (non-hydrogen) atoms. The van der Waals surface area contributed by atoms with Gasteiger partial charge in [0.25, 0.3) is 0 Å². The van der Waals surface area contributed by atoms with Crippen LogP contribution < -0.4 is 0 Å². The van der Waals surface area contributed by atoms with Crippen molar-refractivity contribution in [3.8, 4) is 0 Å². The van der Waals surface area contributed by atoms with Crippen LogP contribution in [0.15, 0.2) is 0 Å². The Morgan fingerprint density at radius 3 is 2.48 bits per heavy atom. The van der Waals surface area contributed by atoms with E-state index >= 15 is 0 Å². The quantitative estimate of drug-likeness (QED) is 0.706. The third kappa shape index (κ3) is 2.19. The van der Waals surface area contributed by atoms with Crippen LogP contribution in [0.2, 0.25) is 0 Å². The summed E-state index contributed by atoms with van der Waals surface area (Å²) in [6, 6.07) is 0. The molecule has 0 heterocycles. The van der Waals surface area contributed by atoms with Crippen molar-refractivity contribution in [1.82, 2.24) is 0 Å². The van der Waals surface area contributed by atoms with E-state index in [1.165, 1.54) is 0 Å². The molecule has 0 bridgehead atoms. The molecule has 0 aromatic rings. The molecule has 0 radical (unpaired) electrons. The summed E-state index contributed by atoms with van der Waals surface area (Å²) in [7, 11) is 0. The molecular formula is C21H32O4. The van der Waals surface area contributed by atoms with Crippen LogP contribution >= 0.6 is 0 Å². The fraction of sp³-hybridized carbons (Fsp3) is 0.905. The summed E-state index contributed by atoms with van der Waals surface area (Å²) in [4.78, 5) is 25.7. The molecule has 4 heteroatoms. The van der Waals surface area contributed by atoms with Gasteiger partial charge in [-0.25, -0.2) is 0 Å². The lowest BCUT2D eigenvalue weighted by molar-refractivity contribution is -0.199. The van der Waals surface area contributed by atoms with Gasteiger partial charge in [0, 0.05) is 24.2 Å². The zero-order valence-electron chi connectivity index (χ0n) is 15.8. The van der Waals surface area contributed by atoms with Gasteiger partial charge < -0.3 is 10.2 Å². The molecule has 8 atom stereocenters. The molecule has 4 aliphatic carbocycles. The number of carbonyl (C=O) groups is 2. The van der Waals surface area contributed by atoms with Gasteiger partial charge in [-0.1, -0.05) is 13.8 Å². The Morgan fingerprint density at radius 2 is 1.76 bits per heavy atom. The summed E-state index contributed by atoms with van der Waals surface area (Å²) >= 11 is 0. The Morgan fingerprint density at radius 1 is 1.04 bits per heavy atom. The molecule has 4 nitrogen and oxygen atoms in total. The smallest absolute Gasteiger partial charge is 0.164 e. The van der Waals surface area contributed by atoms with Gasteiger partial charge in [0.15, 0.2) is 5.78 Å². The summed E-state index contributed by atoms with van der Waals surface area (Å²) in [5.74, 6) is 1.15. The maximum Gasteiger partial charge on any atom is 0.164 e. The van der Waals surface area contributed by atoms with Crippen LogP contribution in [-0.2, 0) is 9.59 Å². The molecule has 4 aliphatic rings. The first-order chi connectivity index (χ1) is 11.6. The maximum absolute atomic E-state index is 13.3. The predicted octanol–water partition coefficient (Wildman–Crippen LogP) is 2.89. The molecule has 0 spiro atoms. The number of aliphatic hydroxyl groups is 2. The van der Waals surface area contributed by atoms with Gasteiger partial charge in [-0.05, 0) is 68.6 Å². The summed E-state index contributed by atoms with van der Waals surface area (Å²) in [6.45, 7) is 5.88. The van der Waals surface area contributed by atoms with Gasteiger partial charge >= 0.3 is 0 Å². The molecule has 2 N–H and O–H groups in total. The van der Waals surface area contributed by atoms with Crippen molar-refractivity contribution in [1.29, 1.82) is 0 Å². The Kier molecular flexibility index (Phi) is 3.81. The van der Waals surface area contributed by atoms with Crippen molar-refractivity contribution in [2.45, 2.75) is 83.8 Å². The fourth-order valence-electron chi connectivity index (χ4n) is 7.33. The van der Waals surface area contributed by atoms with E-state index in [4.69, 9.17) is 0 Å². The van der Waals surface area contributed by atoms with Gasteiger partial charge in [-0.15, -0.1) is 0 Å². The second-order valence-electron chi connectivity index (χ2n) is 10.1. The number of Topliss-reactive ketones (excluding diaryl/α,β-unsaturated/α-hetero) is 2. The Balaban J connectivity index is 1.72. The standard InChI is InChI=1S/C21H32O4/c1-19-9-8-13(22)10-12(19)4-5-14-15-6-7-17(24)21(3,25)20(15,2)11-16(23)18(14)19/h12-15,18,22,25H,4-11H2,1-3H3/t12-,13-,14-,15+,18+,19+,20+,21+/m0/s1. The molecule has 4 rings (SSSR count). The normalized spacial score (nSPS) is 56.0. The van der Waals surface area contributed by atoms with Crippen LogP contribution in [0.4, 0.5) is 0 Å². The Hall–Kier alpha value is -0.740. The molecule has 0 aromatic heterocycles. The van der Waals surface area contributed by atoms with Gasteiger partial charge in [0.05, 0.1) is 6.10 Å². The molecule has 0 saturated heterocycles. The molecule has 0 aromatic carbocycles. The van der Waals surface area contributed by atoms with E-state index in [0.29, 0.717) is 18.8 Å². The second kappa shape index (κ2) is 5.39. The highest BCUT2D eigenvalue weighted by atomic mass is 16.3. The fourth-order valence-corrected chi connectivity index (χ4v) is 7.33. The van der Waals surface area contributed by atoms with Crippen molar-refractivity contribution >= 4 is 11.6 Å². The van der Waals surface area contributed by atoms with Crippen LogP contribution in [0, 0.1) is 34.5 Å². The van der Waals surface area contributed by atoms with E-state index in [9.17, 15) is 19.8 Å². The Labute approximate surface area is 150 Å². The molecule has 0 amide bonds. The van der Waals surface area contributed by atoms with E-state index in [-0.39, 0.29) is 40.8 Å². The first-order valence-corrected chi connectivity index (χ1v) is 10.1. The van der Waals surface area contributed by atoms with E-state index in [0.717, 1.165) is 38.5 Å². The number of carbonyl (C=O) groups excluding carboxylic acids is 2. The molecule has 0 unspecified atom stereocenters. The predicted molar refractivity (Wildman–Crippen MR) is 93.8 cm³/mol. The van der Waals surface area contributed by atoms with Crippen molar-refractivity contribution in [3.05, 3.63) is 0 Å². The lowest BCUT2D eigenvalue weighted by Crippen LogP contribution is -2.66. The minimum Gasteiger partial charge on any atom is -0.393 e. The number of rotatable bonds is 0. The lowest BCUT2D eigenvalue weighted by Gasteiger charge is -2.63. The average Bonchev–Trinajstić information content (AvgIpc) is 2.52. The second-order valence-corrected chi connectivity index (χ2v) is 10.1. The maximum atomic E-state index is 13.3. The highest BCUT2D eigenvalue weighted by Gasteiger charge is 2.66. The van der Waals surface area contributed by atoms with Gasteiger partial charge in [0.2, 0.25) is 0 Å². The highest BCUT2D eigenvalue weighted by Crippen LogP contribution is 2.65. The Bertz CT molecular complexity index is 611. The number of hydrogen-bond acceptors (Lipinski definition) is 4. The molecule has 4 saturated carbocycles. The first-order valence-electron chi connectivity index (χ1n) is 10.1. The van der Waals surface area contributed by atoms with E-state index < -0.39 is 11.0 Å². The van der Waals surface area contributed by atoms with Crippen LogP contribution in [0.3, 0.4) is 0 Å². The largest absolute Gasteiger partial charge is 0.393 e. The first kappa shape index (κ1) is 17.7. The SMILES string of the molecule is C[C@@]12CC[C@H](O)C[C@@H]1CC[C@H]1[C@H]3CCC(=O)[C@@](C)(O)[C@]3(C)CC(=O)[C@@H]12. The van der Waals surface area contributed by atoms with Gasteiger partial charge in [-0.2, -0.15) is 0 Å². The van der Waals surface area contributed by atoms with Gasteiger partial charge in [0.1, 0.15) is 11.4 Å². The monoisotopic (exact) mass is 348 g/mol. The zero-order valence-corrected chi connectivity index (χ0v) is 15.8. The molecule has 4 fully saturated rings. The topological polar surface area (TPSA) is 74.6 Å². The lowest BCUT2D eigenvalue weighted by atomic mass is 9.40. The average molecular weight is 348 g/mol. The van der Waals surface area contributed by atoms with Crippen molar-refractivity contribution in [3.63, 3.8) is 0 Å². The molecule has 0 aliphatic heterocycles. The minimum absolute atomic E-state index is 0.0200. The number of ketones is 2. The van der Waals surface area contributed by atoms with E-state index in [1.807, 2.05) is 6.92 Å². The zero-order chi connectivity index (χ0) is 18.2. The molecular weight excluding hydrogens is 316 g/mol. The van der Waals surface area contributed by atoms with Crippen molar-refractivity contribution < 1.29 is 19.8 Å². The third-order valence-corrected chi connectivity index (χ3v) is 9.05. The van der Waals surface area contributed by atoms with Crippen LogP contribution in [0.25, 0.3) is 0 Å². The van der Waals surface area contributed by atoms with Crippen LogP contribution in [0.1, 0.15) is 72.1 Å². The number of fused-ring (bicyclic) bond motifs is 5. The van der Waals surface area contributed by atoms with E-state index in [2.05, 4.69) is 6.92 Å². The number of hydrogen-bond donors (Lipinski definition) is 2. The third-order valence-electron chi connectivity index (χ3n) is 9.05. The summed E-state index contributed by atoms with van der Waals surface area (Å²) < 4.78 is 0.